The van der Waals surface area contributed by atoms with Crippen LogP contribution in [0.4, 0.5) is 5.69 Å². The summed E-state index contributed by atoms with van der Waals surface area (Å²) in [5.74, 6) is 0.824. The highest BCUT2D eigenvalue weighted by Gasteiger charge is 2.07. The van der Waals surface area contributed by atoms with Gasteiger partial charge in [0.1, 0.15) is 11.5 Å². The minimum atomic E-state index is 0.00982. The van der Waals surface area contributed by atoms with Crippen LogP contribution in [0, 0.1) is 0 Å². The van der Waals surface area contributed by atoms with Gasteiger partial charge in [-0.25, -0.2) is 0 Å². The van der Waals surface area contributed by atoms with E-state index in [1.165, 1.54) is 0 Å². The summed E-state index contributed by atoms with van der Waals surface area (Å²) in [6.45, 7) is 9.47. The summed E-state index contributed by atoms with van der Waals surface area (Å²) in [4.78, 5) is 4.79. The zero-order valence-electron chi connectivity index (χ0n) is 16.9. The molecule has 3 nitrogen and oxygen atoms in total. The van der Waals surface area contributed by atoms with Gasteiger partial charge in [0.2, 0.25) is 0 Å². The van der Waals surface area contributed by atoms with Crippen LogP contribution in [0.5, 0.6) is 5.75 Å². The van der Waals surface area contributed by atoms with Crippen LogP contribution in [-0.4, -0.2) is 18.4 Å². The molecular formula is C25H27NO2. The molecule has 28 heavy (non-hydrogen) atoms. The highest BCUT2D eigenvalue weighted by Crippen LogP contribution is 2.34. The number of ether oxygens (including phenoxy) is 1. The van der Waals surface area contributed by atoms with Crippen LogP contribution < -0.4 is 4.74 Å². The fourth-order valence-corrected chi connectivity index (χ4v) is 2.80. The van der Waals surface area contributed by atoms with Gasteiger partial charge in [0.15, 0.2) is 0 Å². The lowest BCUT2D eigenvalue weighted by Gasteiger charge is -2.09. The Labute approximate surface area is 167 Å². The molecule has 0 bridgehead atoms. The van der Waals surface area contributed by atoms with E-state index in [1.54, 1.807) is 25.5 Å². The van der Waals surface area contributed by atoms with E-state index in [-0.39, 0.29) is 5.76 Å². The SMILES string of the molecule is C=C(O)/C=C\C(C=Nc1c(/C=C(C)/C=C\C)ccc2cc(OC)ccc12)=C/C. The van der Waals surface area contributed by atoms with Crippen molar-refractivity contribution in [3.05, 3.63) is 89.8 Å². The number of rotatable bonds is 7. The van der Waals surface area contributed by atoms with Crippen molar-refractivity contribution in [1.29, 1.82) is 0 Å². The largest absolute Gasteiger partial charge is 0.509 e. The predicted octanol–water partition coefficient (Wildman–Crippen LogP) is 7.10. The molecule has 2 rings (SSSR count). The predicted molar refractivity (Wildman–Crippen MR) is 122 cm³/mol. The fourth-order valence-electron chi connectivity index (χ4n) is 2.80. The van der Waals surface area contributed by atoms with Crippen molar-refractivity contribution in [3.8, 4) is 5.75 Å². The minimum Gasteiger partial charge on any atom is -0.509 e. The first kappa shape index (κ1) is 21.0. The zero-order valence-corrected chi connectivity index (χ0v) is 16.9. The number of allylic oxidation sites excluding steroid dienone is 7. The second kappa shape index (κ2) is 10.1. The number of hydrogen-bond donors (Lipinski definition) is 1. The Balaban J connectivity index is 2.62. The van der Waals surface area contributed by atoms with Gasteiger partial charge >= 0.3 is 0 Å². The number of benzene rings is 2. The molecule has 1 N–H and O–H groups in total. The molecule has 0 amide bonds. The van der Waals surface area contributed by atoms with Crippen molar-refractivity contribution < 1.29 is 9.84 Å². The van der Waals surface area contributed by atoms with E-state index in [9.17, 15) is 5.11 Å². The third kappa shape index (κ3) is 5.58. The molecule has 0 fully saturated rings. The lowest BCUT2D eigenvalue weighted by atomic mass is 10.0. The summed E-state index contributed by atoms with van der Waals surface area (Å²) in [6, 6.07) is 10.1. The van der Waals surface area contributed by atoms with Crippen LogP contribution in [-0.2, 0) is 0 Å². The maximum Gasteiger partial charge on any atom is 0.119 e. The molecule has 0 unspecified atom stereocenters. The number of aliphatic hydroxyl groups is 1. The standard InChI is InChI=1S/C25H27NO2/c1-6-8-18(3)15-22-12-11-21-16-23(28-5)13-14-24(21)25(22)26-17-20(7-2)10-9-19(4)27/h6-17,27H,4H2,1-3,5H3/b8-6-,10-9-,18-15+,20-7+,26-17?. The van der Waals surface area contributed by atoms with E-state index in [0.717, 1.165) is 38.9 Å². The molecule has 3 heteroatoms. The normalized spacial score (nSPS) is 13.3. The molecule has 2 aromatic rings. The van der Waals surface area contributed by atoms with E-state index in [1.807, 2.05) is 44.2 Å². The molecule has 0 saturated carbocycles. The van der Waals surface area contributed by atoms with Gasteiger partial charge in [-0.15, -0.1) is 0 Å². The summed E-state index contributed by atoms with van der Waals surface area (Å²) in [6.07, 6.45) is 13.3. The van der Waals surface area contributed by atoms with Crippen molar-refractivity contribution in [2.24, 2.45) is 4.99 Å². The molecule has 144 valence electrons. The van der Waals surface area contributed by atoms with Crippen molar-refractivity contribution in [2.45, 2.75) is 20.8 Å². The number of nitrogens with zero attached hydrogens (tertiary/aromatic N) is 1. The zero-order chi connectivity index (χ0) is 20.5. The molecule has 0 aliphatic rings. The van der Waals surface area contributed by atoms with Gasteiger partial charge in [-0.2, -0.15) is 0 Å². The Morgan fingerprint density at radius 2 is 1.89 bits per heavy atom. The average Bonchev–Trinajstić information content (AvgIpc) is 2.68. The average molecular weight is 373 g/mol. The lowest BCUT2D eigenvalue weighted by molar-refractivity contribution is 0.415. The van der Waals surface area contributed by atoms with Crippen molar-refractivity contribution >= 4 is 28.8 Å². The maximum atomic E-state index is 9.29. The number of methoxy groups -OCH3 is 1. The number of aliphatic hydroxyl groups excluding tert-OH is 1. The van der Waals surface area contributed by atoms with E-state index in [4.69, 9.17) is 9.73 Å². The van der Waals surface area contributed by atoms with E-state index in [0.29, 0.717) is 0 Å². The van der Waals surface area contributed by atoms with Crippen molar-refractivity contribution in [1.82, 2.24) is 0 Å². The van der Waals surface area contributed by atoms with Crippen LogP contribution >= 0.6 is 0 Å². The summed E-state index contributed by atoms with van der Waals surface area (Å²) in [5.41, 5.74) is 3.95. The number of fused-ring (bicyclic) bond motifs is 1. The Morgan fingerprint density at radius 1 is 1.11 bits per heavy atom. The molecule has 0 aromatic heterocycles. The van der Waals surface area contributed by atoms with E-state index >= 15 is 0 Å². The first-order valence-electron chi connectivity index (χ1n) is 9.16. The van der Waals surface area contributed by atoms with Gasteiger partial charge in [0.25, 0.3) is 0 Å². The van der Waals surface area contributed by atoms with Gasteiger partial charge in [-0.3, -0.25) is 4.99 Å². The molecule has 0 spiro atoms. The van der Waals surface area contributed by atoms with Crippen molar-refractivity contribution in [3.63, 3.8) is 0 Å². The monoisotopic (exact) mass is 373 g/mol. The maximum absolute atomic E-state index is 9.29. The van der Waals surface area contributed by atoms with Crippen LogP contribution in [0.2, 0.25) is 0 Å². The van der Waals surface area contributed by atoms with Gasteiger partial charge < -0.3 is 9.84 Å². The van der Waals surface area contributed by atoms with E-state index < -0.39 is 0 Å². The summed E-state index contributed by atoms with van der Waals surface area (Å²) in [5, 5.41) is 11.4. The molecule has 0 radical (unpaired) electrons. The number of hydrogen-bond acceptors (Lipinski definition) is 3. The van der Waals surface area contributed by atoms with E-state index in [2.05, 4.69) is 37.8 Å². The summed E-state index contributed by atoms with van der Waals surface area (Å²) < 4.78 is 5.35. The molecule has 0 heterocycles. The van der Waals surface area contributed by atoms with Crippen LogP contribution in [0.1, 0.15) is 26.3 Å². The van der Waals surface area contributed by atoms with Gasteiger partial charge in [0.05, 0.1) is 12.8 Å². The quantitative estimate of drug-likeness (QED) is 0.319. The Morgan fingerprint density at radius 3 is 2.54 bits per heavy atom. The third-order valence-corrected chi connectivity index (χ3v) is 4.19. The molecular weight excluding hydrogens is 346 g/mol. The summed E-state index contributed by atoms with van der Waals surface area (Å²) >= 11 is 0. The molecule has 0 aliphatic carbocycles. The first-order valence-corrected chi connectivity index (χ1v) is 9.16. The molecule has 2 aromatic carbocycles. The van der Waals surface area contributed by atoms with Crippen LogP contribution in [0.25, 0.3) is 16.8 Å². The fraction of sp³-hybridized carbons (Fsp3) is 0.160. The Kier molecular flexibility index (Phi) is 7.58. The van der Waals surface area contributed by atoms with Gasteiger partial charge in [0, 0.05) is 17.2 Å². The molecule has 0 saturated heterocycles. The summed E-state index contributed by atoms with van der Waals surface area (Å²) in [7, 11) is 1.66. The second-order valence-electron chi connectivity index (χ2n) is 6.35. The highest BCUT2D eigenvalue weighted by atomic mass is 16.5. The highest BCUT2D eigenvalue weighted by molar-refractivity contribution is 6.00. The minimum absolute atomic E-state index is 0.00982. The number of aliphatic imine (C=N–C) groups is 1. The lowest BCUT2D eigenvalue weighted by Crippen LogP contribution is -1.86. The van der Waals surface area contributed by atoms with Gasteiger partial charge in [-0.1, -0.05) is 48.6 Å². The van der Waals surface area contributed by atoms with Crippen LogP contribution in [0.15, 0.2) is 89.2 Å². The second-order valence-corrected chi connectivity index (χ2v) is 6.35. The third-order valence-electron chi connectivity index (χ3n) is 4.19. The van der Waals surface area contributed by atoms with Crippen LogP contribution in [0.3, 0.4) is 0 Å². The molecule has 0 atom stereocenters. The van der Waals surface area contributed by atoms with Gasteiger partial charge in [-0.05, 0) is 62.1 Å². The Hall–Kier alpha value is -3.33. The smallest absolute Gasteiger partial charge is 0.119 e. The van der Waals surface area contributed by atoms with Crippen molar-refractivity contribution in [2.75, 3.05) is 7.11 Å². The first-order chi connectivity index (χ1) is 13.5. The molecule has 0 aliphatic heterocycles. The topological polar surface area (TPSA) is 41.8 Å². The Bertz CT molecular complexity index is 1000.